The van der Waals surface area contributed by atoms with Crippen molar-refractivity contribution >= 4 is 5.91 Å². The summed E-state index contributed by atoms with van der Waals surface area (Å²) in [6.45, 7) is 1.77. The standard InChI is InChI=1S/C17H20FN3O/c18-16-7-5-14(6-8-16)15-4-1-2-10-20(12-15)17(22)13-21-11-3-9-19-21/h3,5-9,11,15H,1-2,4,10,12-13H2/t15-/m1/s1. The molecule has 2 heterocycles. The van der Waals surface area contributed by atoms with Crippen LogP contribution in [0.4, 0.5) is 4.39 Å². The Morgan fingerprint density at radius 2 is 2.09 bits per heavy atom. The number of likely N-dealkylation sites (tertiary alicyclic amines) is 1. The van der Waals surface area contributed by atoms with Gasteiger partial charge in [-0.2, -0.15) is 5.10 Å². The van der Waals surface area contributed by atoms with Crippen molar-refractivity contribution < 1.29 is 9.18 Å². The number of hydrogen-bond donors (Lipinski definition) is 0. The summed E-state index contributed by atoms with van der Waals surface area (Å²) in [4.78, 5) is 14.4. The van der Waals surface area contributed by atoms with Crippen LogP contribution in [-0.4, -0.2) is 33.7 Å². The Hall–Kier alpha value is -2.17. The number of hydrogen-bond acceptors (Lipinski definition) is 2. The highest BCUT2D eigenvalue weighted by Gasteiger charge is 2.23. The Kier molecular flexibility index (Phi) is 4.51. The number of halogens is 1. The smallest absolute Gasteiger partial charge is 0.244 e. The lowest BCUT2D eigenvalue weighted by Crippen LogP contribution is -2.36. The van der Waals surface area contributed by atoms with Crippen LogP contribution in [0.15, 0.2) is 42.7 Å². The summed E-state index contributed by atoms with van der Waals surface area (Å²) < 4.78 is 14.7. The van der Waals surface area contributed by atoms with Crippen molar-refractivity contribution in [3.8, 4) is 0 Å². The van der Waals surface area contributed by atoms with Gasteiger partial charge in [0.05, 0.1) is 0 Å². The van der Waals surface area contributed by atoms with Crippen LogP contribution in [0.5, 0.6) is 0 Å². The van der Waals surface area contributed by atoms with Crippen LogP contribution in [0.3, 0.4) is 0 Å². The normalized spacial score (nSPS) is 19.0. The molecule has 22 heavy (non-hydrogen) atoms. The monoisotopic (exact) mass is 301 g/mol. The minimum absolute atomic E-state index is 0.0951. The second-order valence-corrected chi connectivity index (χ2v) is 5.79. The quantitative estimate of drug-likeness (QED) is 0.874. The molecule has 0 radical (unpaired) electrons. The molecule has 2 aromatic rings. The van der Waals surface area contributed by atoms with E-state index in [4.69, 9.17) is 0 Å². The number of aromatic nitrogens is 2. The van der Waals surface area contributed by atoms with E-state index in [1.54, 1.807) is 17.1 Å². The van der Waals surface area contributed by atoms with E-state index in [9.17, 15) is 9.18 Å². The first kappa shape index (κ1) is 14.8. The molecule has 1 amide bonds. The van der Waals surface area contributed by atoms with E-state index in [0.29, 0.717) is 6.54 Å². The second-order valence-electron chi connectivity index (χ2n) is 5.79. The average Bonchev–Trinajstić information content (AvgIpc) is 2.90. The minimum atomic E-state index is -0.219. The van der Waals surface area contributed by atoms with Crippen molar-refractivity contribution in [1.82, 2.24) is 14.7 Å². The van der Waals surface area contributed by atoms with Gasteiger partial charge in [-0.25, -0.2) is 4.39 Å². The highest BCUT2D eigenvalue weighted by molar-refractivity contribution is 5.76. The molecule has 0 aliphatic carbocycles. The van der Waals surface area contributed by atoms with Crippen LogP contribution in [0.1, 0.15) is 30.7 Å². The number of amides is 1. The van der Waals surface area contributed by atoms with Gasteiger partial charge in [-0.05, 0) is 36.6 Å². The summed E-state index contributed by atoms with van der Waals surface area (Å²) in [6, 6.07) is 8.48. The van der Waals surface area contributed by atoms with Crippen LogP contribution >= 0.6 is 0 Å². The minimum Gasteiger partial charge on any atom is -0.340 e. The highest BCUT2D eigenvalue weighted by atomic mass is 19.1. The molecule has 1 fully saturated rings. The van der Waals surface area contributed by atoms with Gasteiger partial charge in [-0.3, -0.25) is 9.48 Å². The van der Waals surface area contributed by atoms with Gasteiger partial charge in [0.1, 0.15) is 12.4 Å². The van der Waals surface area contributed by atoms with Gasteiger partial charge in [-0.15, -0.1) is 0 Å². The van der Waals surface area contributed by atoms with Gasteiger partial charge < -0.3 is 4.90 Å². The second kappa shape index (κ2) is 6.73. The van der Waals surface area contributed by atoms with E-state index in [0.717, 1.165) is 31.4 Å². The molecule has 1 aliphatic heterocycles. The third-order valence-electron chi connectivity index (χ3n) is 4.22. The van der Waals surface area contributed by atoms with Crippen LogP contribution in [0, 0.1) is 5.82 Å². The molecule has 0 N–H and O–H groups in total. The Labute approximate surface area is 129 Å². The van der Waals surface area contributed by atoms with Crippen molar-refractivity contribution in [2.75, 3.05) is 13.1 Å². The number of rotatable bonds is 3. The van der Waals surface area contributed by atoms with E-state index in [1.807, 2.05) is 23.1 Å². The number of carbonyl (C=O) groups is 1. The molecule has 0 bridgehead atoms. The zero-order valence-corrected chi connectivity index (χ0v) is 12.5. The molecule has 5 heteroatoms. The van der Waals surface area contributed by atoms with Crippen LogP contribution in [0.25, 0.3) is 0 Å². The number of benzene rings is 1. The van der Waals surface area contributed by atoms with Gasteiger partial charge in [0.25, 0.3) is 0 Å². The number of nitrogens with zero attached hydrogens (tertiary/aromatic N) is 3. The zero-order valence-electron chi connectivity index (χ0n) is 12.5. The molecule has 1 aromatic carbocycles. The largest absolute Gasteiger partial charge is 0.340 e. The average molecular weight is 301 g/mol. The molecule has 1 saturated heterocycles. The van der Waals surface area contributed by atoms with E-state index in [1.165, 1.54) is 12.1 Å². The van der Waals surface area contributed by atoms with Crippen molar-refractivity contribution in [1.29, 1.82) is 0 Å². The Balaban J connectivity index is 1.69. The molecule has 1 aliphatic rings. The summed E-state index contributed by atoms with van der Waals surface area (Å²) in [5, 5.41) is 4.09. The van der Waals surface area contributed by atoms with E-state index in [2.05, 4.69) is 5.10 Å². The third-order valence-corrected chi connectivity index (χ3v) is 4.22. The van der Waals surface area contributed by atoms with Crippen molar-refractivity contribution in [2.45, 2.75) is 31.7 Å². The maximum Gasteiger partial charge on any atom is 0.244 e. The van der Waals surface area contributed by atoms with Gasteiger partial charge in [-0.1, -0.05) is 18.6 Å². The molecule has 3 rings (SSSR count). The SMILES string of the molecule is O=C(Cn1cccn1)N1CCCC[C@@H](c2ccc(F)cc2)C1. The summed E-state index contributed by atoms with van der Waals surface area (Å²) in [6.07, 6.45) is 6.62. The Morgan fingerprint density at radius 3 is 2.82 bits per heavy atom. The first-order valence-corrected chi connectivity index (χ1v) is 7.73. The molecular formula is C17H20FN3O. The van der Waals surface area contributed by atoms with Gasteiger partial charge >= 0.3 is 0 Å². The number of carbonyl (C=O) groups excluding carboxylic acids is 1. The van der Waals surface area contributed by atoms with Gasteiger partial charge in [0, 0.05) is 31.4 Å². The van der Waals surface area contributed by atoms with E-state index in [-0.39, 0.29) is 24.2 Å². The molecule has 1 aromatic heterocycles. The molecule has 116 valence electrons. The molecule has 0 spiro atoms. The topological polar surface area (TPSA) is 38.1 Å². The van der Waals surface area contributed by atoms with E-state index >= 15 is 0 Å². The first-order valence-electron chi connectivity index (χ1n) is 7.73. The fraction of sp³-hybridized carbons (Fsp3) is 0.412. The molecule has 4 nitrogen and oxygen atoms in total. The molecule has 0 saturated carbocycles. The summed E-state index contributed by atoms with van der Waals surface area (Å²) in [5.74, 6) is 0.159. The first-order chi connectivity index (χ1) is 10.7. The van der Waals surface area contributed by atoms with Crippen molar-refractivity contribution in [2.24, 2.45) is 0 Å². The lowest BCUT2D eigenvalue weighted by Gasteiger charge is -2.25. The van der Waals surface area contributed by atoms with Crippen LogP contribution in [0.2, 0.25) is 0 Å². The van der Waals surface area contributed by atoms with Gasteiger partial charge in [0.2, 0.25) is 5.91 Å². The van der Waals surface area contributed by atoms with Crippen molar-refractivity contribution in [3.05, 3.63) is 54.1 Å². The molecule has 0 unspecified atom stereocenters. The summed E-state index contributed by atoms with van der Waals surface area (Å²) in [5.41, 5.74) is 1.11. The third kappa shape index (κ3) is 3.53. The van der Waals surface area contributed by atoms with E-state index < -0.39 is 0 Å². The fourth-order valence-corrected chi connectivity index (χ4v) is 3.01. The van der Waals surface area contributed by atoms with Gasteiger partial charge in [0.15, 0.2) is 0 Å². The maximum atomic E-state index is 13.1. The predicted molar refractivity (Wildman–Crippen MR) is 81.8 cm³/mol. The molecular weight excluding hydrogens is 281 g/mol. The highest BCUT2D eigenvalue weighted by Crippen LogP contribution is 2.26. The van der Waals surface area contributed by atoms with Crippen LogP contribution in [-0.2, 0) is 11.3 Å². The predicted octanol–water partition coefficient (Wildman–Crippen LogP) is 2.82. The molecule has 1 atom stereocenters. The fourth-order valence-electron chi connectivity index (χ4n) is 3.01. The maximum absolute atomic E-state index is 13.1. The lowest BCUT2D eigenvalue weighted by atomic mass is 9.94. The summed E-state index contributed by atoms with van der Waals surface area (Å²) >= 11 is 0. The van der Waals surface area contributed by atoms with Crippen LogP contribution < -0.4 is 0 Å². The van der Waals surface area contributed by atoms with Crippen molar-refractivity contribution in [3.63, 3.8) is 0 Å². The summed E-state index contributed by atoms with van der Waals surface area (Å²) in [7, 11) is 0. The Bertz CT molecular complexity index is 609. The zero-order chi connectivity index (χ0) is 15.4. The Morgan fingerprint density at radius 1 is 1.27 bits per heavy atom. The lowest BCUT2D eigenvalue weighted by molar-refractivity contribution is -0.132.